The van der Waals surface area contributed by atoms with Crippen LogP contribution in [0.1, 0.15) is 24.5 Å². The summed E-state index contributed by atoms with van der Waals surface area (Å²) in [5.74, 6) is -0.229. The highest BCUT2D eigenvalue weighted by atomic mass is 16.5. The number of nitriles is 1. The molecule has 1 rings (SSSR count). The lowest BCUT2D eigenvalue weighted by atomic mass is 10.1. The number of hydrogen-bond donors (Lipinski definition) is 0. The number of esters is 1. The Morgan fingerprint density at radius 3 is 2.69 bits per heavy atom. The summed E-state index contributed by atoms with van der Waals surface area (Å²) in [6, 6.07) is 9.19. The van der Waals surface area contributed by atoms with E-state index in [1.54, 1.807) is 25.1 Å². The topological polar surface area (TPSA) is 50.1 Å². The van der Waals surface area contributed by atoms with Crippen molar-refractivity contribution in [3.8, 4) is 6.07 Å². The van der Waals surface area contributed by atoms with Crippen molar-refractivity contribution in [2.24, 2.45) is 0 Å². The maximum atomic E-state index is 11.0. The van der Waals surface area contributed by atoms with Crippen molar-refractivity contribution in [1.29, 1.82) is 5.26 Å². The first-order valence-corrected chi connectivity index (χ1v) is 5.08. The van der Waals surface area contributed by atoms with E-state index in [4.69, 9.17) is 10.00 Å². The average Bonchev–Trinajstić information content (AvgIpc) is 2.30. The van der Waals surface area contributed by atoms with E-state index in [0.717, 1.165) is 5.56 Å². The van der Waals surface area contributed by atoms with Crippen molar-refractivity contribution < 1.29 is 9.53 Å². The van der Waals surface area contributed by atoms with Crippen LogP contribution in [-0.2, 0) is 9.53 Å². The third kappa shape index (κ3) is 3.97. The molecule has 16 heavy (non-hydrogen) atoms. The first-order chi connectivity index (χ1) is 7.76. The lowest BCUT2D eigenvalue weighted by Gasteiger charge is -1.97. The van der Waals surface area contributed by atoms with Gasteiger partial charge in [0.25, 0.3) is 0 Å². The van der Waals surface area contributed by atoms with E-state index < -0.39 is 0 Å². The molecule has 0 fully saturated rings. The van der Waals surface area contributed by atoms with Gasteiger partial charge in [-0.1, -0.05) is 24.3 Å². The van der Waals surface area contributed by atoms with E-state index in [1.165, 1.54) is 0 Å². The van der Waals surface area contributed by atoms with Gasteiger partial charge in [-0.05, 0) is 24.6 Å². The van der Waals surface area contributed by atoms with Gasteiger partial charge in [-0.25, -0.2) is 0 Å². The van der Waals surface area contributed by atoms with Gasteiger partial charge >= 0.3 is 5.97 Å². The number of nitrogens with zero attached hydrogens (tertiary/aromatic N) is 1. The number of ether oxygens (including phenoxy) is 1. The molecule has 1 aromatic rings. The van der Waals surface area contributed by atoms with Gasteiger partial charge in [-0.3, -0.25) is 4.79 Å². The zero-order valence-electron chi connectivity index (χ0n) is 9.14. The Labute approximate surface area is 95.0 Å². The van der Waals surface area contributed by atoms with Crippen molar-refractivity contribution in [2.45, 2.75) is 13.3 Å². The normalized spacial score (nSPS) is 10.0. The van der Waals surface area contributed by atoms with Crippen LogP contribution in [0.3, 0.4) is 0 Å². The molecule has 0 heterocycles. The quantitative estimate of drug-likeness (QED) is 0.725. The van der Waals surface area contributed by atoms with Crippen LogP contribution in [0.4, 0.5) is 0 Å². The second-order valence-corrected chi connectivity index (χ2v) is 3.15. The minimum absolute atomic E-state index is 0.229. The zero-order valence-corrected chi connectivity index (χ0v) is 9.14. The Morgan fingerprint density at radius 1 is 1.44 bits per heavy atom. The first kappa shape index (κ1) is 12.0. The Hall–Kier alpha value is -2.08. The summed E-state index contributed by atoms with van der Waals surface area (Å²) in [7, 11) is 0. The predicted molar refractivity (Wildman–Crippen MR) is 61.4 cm³/mol. The van der Waals surface area contributed by atoms with Gasteiger partial charge in [-0.15, -0.1) is 0 Å². The van der Waals surface area contributed by atoms with E-state index in [0.29, 0.717) is 12.2 Å². The van der Waals surface area contributed by atoms with Crippen molar-refractivity contribution in [2.75, 3.05) is 6.61 Å². The minimum atomic E-state index is -0.229. The lowest BCUT2D eigenvalue weighted by Crippen LogP contribution is -2.01. The van der Waals surface area contributed by atoms with Crippen LogP contribution in [0.5, 0.6) is 0 Å². The molecule has 0 saturated heterocycles. The highest BCUT2D eigenvalue weighted by Crippen LogP contribution is 2.05. The smallest absolute Gasteiger partial charge is 0.309 e. The highest BCUT2D eigenvalue weighted by Gasteiger charge is 1.96. The standard InChI is InChI=1S/C13H13NO2/c1-2-16-13(15)5-3-4-11-6-8-12(10-14)9-7-11/h3-4,6-9H,2,5H2,1H3/b4-3+. The van der Waals surface area contributed by atoms with Gasteiger partial charge < -0.3 is 4.74 Å². The van der Waals surface area contributed by atoms with E-state index in [-0.39, 0.29) is 12.4 Å². The van der Waals surface area contributed by atoms with E-state index in [2.05, 4.69) is 0 Å². The fraction of sp³-hybridized carbons (Fsp3) is 0.231. The Bertz CT molecular complexity index is 413. The maximum Gasteiger partial charge on any atom is 0.309 e. The molecule has 0 radical (unpaired) electrons. The second kappa shape index (κ2) is 6.41. The summed E-state index contributed by atoms with van der Waals surface area (Å²) < 4.78 is 4.78. The molecule has 0 amide bonds. The Morgan fingerprint density at radius 2 is 2.12 bits per heavy atom. The van der Waals surface area contributed by atoms with Gasteiger partial charge in [-0.2, -0.15) is 5.26 Å². The van der Waals surface area contributed by atoms with Crippen LogP contribution in [0.15, 0.2) is 30.3 Å². The van der Waals surface area contributed by atoms with Crippen molar-refractivity contribution >= 4 is 12.0 Å². The van der Waals surface area contributed by atoms with E-state index in [1.807, 2.05) is 24.3 Å². The van der Waals surface area contributed by atoms with Crippen molar-refractivity contribution in [1.82, 2.24) is 0 Å². The molecule has 0 aliphatic heterocycles. The molecule has 3 nitrogen and oxygen atoms in total. The van der Waals surface area contributed by atoms with Crippen LogP contribution < -0.4 is 0 Å². The summed E-state index contributed by atoms with van der Waals surface area (Å²) in [6.45, 7) is 2.19. The van der Waals surface area contributed by atoms with Gasteiger partial charge in [0.15, 0.2) is 0 Å². The minimum Gasteiger partial charge on any atom is -0.466 e. The van der Waals surface area contributed by atoms with Crippen LogP contribution in [-0.4, -0.2) is 12.6 Å². The van der Waals surface area contributed by atoms with Crippen LogP contribution >= 0.6 is 0 Å². The summed E-state index contributed by atoms with van der Waals surface area (Å²) in [4.78, 5) is 11.0. The Kier molecular flexibility index (Phi) is 4.81. The number of benzene rings is 1. The average molecular weight is 215 g/mol. The monoisotopic (exact) mass is 215 g/mol. The summed E-state index contributed by atoms with van der Waals surface area (Å²) >= 11 is 0. The fourth-order valence-corrected chi connectivity index (χ4v) is 1.18. The molecular weight excluding hydrogens is 202 g/mol. The zero-order chi connectivity index (χ0) is 11.8. The molecule has 0 unspecified atom stereocenters. The number of rotatable bonds is 4. The van der Waals surface area contributed by atoms with Crippen LogP contribution in [0.2, 0.25) is 0 Å². The van der Waals surface area contributed by atoms with Gasteiger partial charge in [0.1, 0.15) is 0 Å². The molecular formula is C13H13NO2. The van der Waals surface area contributed by atoms with Gasteiger partial charge in [0.05, 0.1) is 24.7 Å². The summed E-state index contributed by atoms with van der Waals surface area (Å²) in [5, 5.41) is 8.61. The molecule has 0 aliphatic rings. The number of hydrogen-bond acceptors (Lipinski definition) is 3. The fourth-order valence-electron chi connectivity index (χ4n) is 1.18. The molecule has 0 bridgehead atoms. The van der Waals surface area contributed by atoms with Crippen LogP contribution in [0, 0.1) is 11.3 Å². The van der Waals surface area contributed by atoms with Gasteiger partial charge in [0.2, 0.25) is 0 Å². The van der Waals surface area contributed by atoms with Crippen molar-refractivity contribution in [3.05, 3.63) is 41.5 Å². The molecule has 3 heteroatoms. The molecule has 0 aliphatic carbocycles. The first-order valence-electron chi connectivity index (χ1n) is 5.08. The van der Waals surface area contributed by atoms with Gasteiger partial charge in [0, 0.05) is 0 Å². The van der Waals surface area contributed by atoms with Crippen LogP contribution in [0.25, 0.3) is 6.08 Å². The maximum absolute atomic E-state index is 11.0. The third-order valence-corrected chi connectivity index (χ3v) is 1.94. The molecule has 0 atom stereocenters. The molecule has 0 spiro atoms. The number of carbonyl (C=O) groups excluding carboxylic acids is 1. The third-order valence-electron chi connectivity index (χ3n) is 1.94. The highest BCUT2D eigenvalue weighted by molar-refractivity contribution is 5.72. The molecule has 0 saturated carbocycles. The summed E-state index contributed by atoms with van der Waals surface area (Å²) in [5.41, 5.74) is 1.59. The Balaban J connectivity index is 2.50. The number of carbonyl (C=O) groups is 1. The SMILES string of the molecule is CCOC(=O)C/C=C/c1ccc(C#N)cc1. The lowest BCUT2D eigenvalue weighted by molar-refractivity contribution is -0.142. The molecule has 0 N–H and O–H groups in total. The molecule has 0 aromatic heterocycles. The largest absolute Gasteiger partial charge is 0.466 e. The molecule has 1 aromatic carbocycles. The van der Waals surface area contributed by atoms with E-state index in [9.17, 15) is 4.79 Å². The van der Waals surface area contributed by atoms with Crippen molar-refractivity contribution in [3.63, 3.8) is 0 Å². The predicted octanol–water partition coefficient (Wildman–Crippen LogP) is 2.52. The summed E-state index contributed by atoms with van der Waals surface area (Å²) in [6.07, 6.45) is 3.85. The van der Waals surface area contributed by atoms with E-state index >= 15 is 0 Å². The molecule has 82 valence electrons. The second-order valence-electron chi connectivity index (χ2n) is 3.15.